The van der Waals surface area contributed by atoms with Crippen molar-refractivity contribution in [2.24, 2.45) is 0 Å². The molecule has 4 nitrogen and oxygen atoms in total. The minimum Gasteiger partial charge on any atom is -0.497 e. The SMILES string of the molecule is COc1ccc2c(c1)C=C(C(=O)NC1CCCCC1)CO2. The lowest BCUT2D eigenvalue weighted by atomic mass is 9.95. The van der Waals surface area contributed by atoms with E-state index >= 15 is 0 Å². The second kappa shape index (κ2) is 6.20. The summed E-state index contributed by atoms with van der Waals surface area (Å²) >= 11 is 0. The van der Waals surface area contributed by atoms with E-state index < -0.39 is 0 Å². The van der Waals surface area contributed by atoms with Crippen LogP contribution < -0.4 is 14.8 Å². The van der Waals surface area contributed by atoms with Gasteiger partial charge in [0.25, 0.3) is 5.91 Å². The average Bonchev–Trinajstić information content (AvgIpc) is 2.54. The Morgan fingerprint density at radius 2 is 2.10 bits per heavy atom. The number of carbonyl (C=O) groups excluding carboxylic acids is 1. The molecule has 0 unspecified atom stereocenters. The van der Waals surface area contributed by atoms with Gasteiger partial charge >= 0.3 is 0 Å². The quantitative estimate of drug-likeness (QED) is 0.930. The molecular weight excluding hydrogens is 266 g/mol. The third kappa shape index (κ3) is 3.20. The summed E-state index contributed by atoms with van der Waals surface area (Å²) in [7, 11) is 1.63. The van der Waals surface area contributed by atoms with E-state index in [9.17, 15) is 4.79 Å². The summed E-state index contributed by atoms with van der Waals surface area (Å²) in [5.41, 5.74) is 1.58. The first kappa shape index (κ1) is 14.0. The van der Waals surface area contributed by atoms with E-state index in [1.165, 1.54) is 19.3 Å². The molecule has 112 valence electrons. The van der Waals surface area contributed by atoms with E-state index in [1.807, 2.05) is 24.3 Å². The summed E-state index contributed by atoms with van der Waals surface area (Å²) in [5.74, 6) is 1.56. The Labute approximate surface area is 125 Å². The number of methoxy groups -OCH3 is 1. The van der Waals surface area contributed by atoms with Crippen LogP contribution in [0, 0.1) is 0 Å². The number of rotatable bonds is 3. The van der Waals surface area contributed by atoms with E-state index in [1.54, 1.807) is 7.11 Å². The number of amides is 1. The van der Waals surface area contributed by atoms with Crippen LogP contribution in [0.15, 0.2) is 23.8 Å². The molecule has 0 aromatic heterocycles. The first-order valence-corrected chi connectivity index (χ1v) is 7.58. The summed E-state index contributed by atoms with van der Waals surface area (Å²) < 4.78 is 10.9. The fourth-order valence-electron chi connectivity index (χ4n) is 2.94. The van der Waals surface area contributed by atoms with Crippen LogP contribution in [-0.2, 0) is 4.79 Å². The lowest BCUT2D eigenvalue weighted by Gasteiger charge is -2.24. The van der Waals surface area contributed by atoms with Crippen molar-refractivity contribution in [1.82, 2.24) is 5.32 Å². The Morgan fingerprint density at radius 3 is 2.86 bits per heavy atom. The minimum atomic E-state index is -0.00429. The highest BCUT2D eigenvalue weighted by atomic mass is 16.5. The first-order chi connectivity index (χ1) is 10.3. The predicted molar refractivity (Wildman–Crippen MR) is 81.5 cm³/mol. The van der Waals surface area contributed by atoms with Crippen LogP contribution in [0.25, 0.3) is 6.08 Å². The highest BCUT2D eigenvalue weighted by Crippen LogP contribution is 2.30. The molecule has 1 aliphatic carbocycles. The van der Waals surface area contributed by atoms with E-state index in [4.69, 9.17) is 9.47 Å². The molecule has 1 saturated carbocycles. The maximum Gasteiger partial charge on any atom is 0.250 e. The molecule has 0 saturated heterocycles. The average molecular weight is 287 g/mol. The van der Waals surface area contributed by atoms with E-state index in [2.05, 4.69) is 5.32 Å². The lowest BCUT2D eigenvalue weighted by Crippen LogP contribution is -2.38. The third-order valence-electron chi connectivity index (χ3n) is 4.16. The van der Waals surface area contributed by atoms with Gasteiger partial charge in [0.2, 0.25) is 0 Å². The van der Waals surface area contributed by atoms with Crippen LogP contribution in [-0.4, -0.2) is 25.7 Å². The number of hydrogen-bond donors (Lipinski definition) is 1. The van der Waals surface area contributed by atoms with Crippen molar-refractivity contribution < 1.29 is 14.3 Å². The minimum absolute atomic E-state index is 0.00429. The van der Waals surface area contributed by atoms with Crippen molar-refractivity contribution in [3.05, 3.63) is 29.3 Å². The Kier molecular flexibility index (Phi) is 4.13. The normalized spacial score (nSPS) is 18.2. The van der Waals surface area contributed by atoms with E-state index in [-0.39, 0.29) is 5.91 Å². The molecule has 0 radical (unpaired) electrons. The largest absolute Gasteiger partial charge is 0.497 e. The topological polar surface area (TPSA) is 47.6 Å². The second-order valence-electron chi connectivity index (χ2n) is 5.67. The van der Waals surface area contributed by atoms with Gasteiger partial charge in [0.1, 0.15) is 18.1 Å². The maximum atomic E-state index is 12.3. The molecule has 2 aliphatic rings. The zero-order valence-corrected chi connectivity index (χ0v) is 12.4. The molecule has 1 heterocycles. The fraction of sp³-hybridized carbons (Fsp3) is 0.471. The predicted octanol–water partition coefficient (Wildman–Crippen LogP) is 2.92. The van der Waals surface area contributed by atoms with Gasteiger partial charge < -0.3 is 14.8 Å². The van der Waals surface area contributed by atoms with Crippen molar-refractivity contribution >= 4 is 12.0 Å². The summed E-state index contributed by atoms with van der Waals surface area (Å²) in [4.78, 5) is 12.3. The molecule has 4 heteroatoms. The van der Waals surface area contributed by atoms with Crippen LogP contribution in [0.4, 0.5) is 0 Å². The Hall–Kier alpha value is -1.97. The fourth-order valence-corrected chi connectivity index (χ4v) is 2.94. The van der Waals surface area contributed by atoms with Gasteiger partial charge in [-0.15, -0.1) is 0 Å². The molecule has 1 fully saturated rings. The van der Waals surface area contributed by atoms with Gasteiger partial charge in [0, 0.05) is 11.6 Å². The number of carbonyl (C=O) groups is 1. The van der Waals surface area contributed by atoms with Gasteiger partial charge in [-0.3, -0.25) is 4.79 Å². The van der Waals surface area contributed by atoms with Crippen molar-refractivity contribution in [2.45, 2.75) is 38.1 Å². The Bertz CT molecular complexity index is 559. The van der Waals surface area contributed by atoms with Gasteiger partial charge in [0.05, 0.1) is 12.7 Å². The van der Waals surface area contributed by atoms with E-state index in [0.29, 0.717) is 18.2 Å². The smallest absolute Gasteiger partial charge is 0.250 e. The molecule has 1 aliphatic heterocycles. The molecule has 1 aromatic rings. The van der Waals surface area contributed by atoms with Crippen molar-refractivity contribution in [3.63, 3.8) is 0 Å². The number of nitrogens with one attached hydrogen (secondary N) is 1. The van der Waals surface area contributed by atoms with Crippen molar-refractivity contribution in [3.8, 4) is 11.5 Å². The van der Waals surface area contributed by atoms with Crippen molar-refractivity contribution in [1.29, 1.82) is 0 Å². The maximum absolute atomic E-state index is 12.3. The molecular formula is C17H21NO3. The Balaban J connectivity index is 1.72. The molecule has 21 heavy (non-hydrogen) atoms. The molecule has 0 atom stereocenters. The third-order valence-corrected chi connectivity index (χ3v) is 4.16. The molecule has 1 amide bonds. The highest BCUT2D eigenvalue weighted by Gasteiger charge is 2.21. The number of fused-ring (bicyclic) bond motifs is 1. The summed E-state index contributed by atoms with van der Waals surface area (Å²) in [6.45, 7) is 0.331. The molecule has 1 N–H and O–H groups in total. The standard InChI is InChI=1S/C17H21NO3/c1-20-15-7-8-16-12(10-15)9-13(11-21-16)17(19)18-14-5-3-2-4-6-14/h7-10,14H,2-6,11H2,1H3,(H,18,19). The van der Waals surface area contributed by atoms with Crippen LogP contribution >= 0.6 is 0 Å². The summed E-state index contributed by atoms with van der Waals surface area (Å²) in [6, 6.07) is 5.95. The van der Waals surface area contributed by atoms with Crippen LogP contribution in [0.2, 0.25) is 0 Å². The lowest BCUT2D eigenvalue weighted by molar-refractivity contribution is -0.118. The first-order valence-electron chi connectivity index (χ1n) is 7.58. The van der Waals surface area contributed by atoms with Crippen LogP contribution in [0.3, 0.4) is 0 Å². The number of hydrogen-bond acceptors (Lipinski definition) is 3. The van der Waals surface area contributed by atoms with Crippen molar-refractivity contribution in [2.75, 3.05) is 13.7 Å². The van der Waals surface area contributed by atoms with Gasteiger partial charge in [0.15, 0.2) is 0 Å². The molecule has 3 rings (SSSR count). The van der Waals surface area contributed by atoms with E-state index in [0.717, 1.165) is 29.9 Å². The molecule has 0 spiro atoms. The second-order valence-corrected chi connectivity index (χ2v) is 5.67. The number of ether oxygens (including phenoxy) is 2. The zero-order chi connectivity index (χ0) is 14.7. The monoisotopic (exact) mass is 287 g/mol. The van der Waals surface area contributed by atoms with Gasteiger partial charge in [-0.1, -0.05) is 19.3 Å². The summed E-state index contributed by atoms with van der Waals surface area (Å²) in [5, 5.41) is 3.13. The number of benzene rings is 1. The van der Waals surface area contributed by atoms with Gasteiger partial charge in [-0.05, 0) is 37.1 Å². The van der Waals surface area contributed by atoms with Gasteiger partial charge in [-0.2, -0.15) is 0 Å². The molecule has 1 aromatic carbocycles. The van der Waals surface area contributed by atoms with Crippen LogP contribution in [0.1, 0.15) is 37.7 Å². The summed E-state index contributed by atoms with van der Waals surface area (Å²) in [6.07, 6.45) is 7.78. The molecule has 0 bridgehead atoms. The Morgan fingerprint density at radius 1 is 1.29 bits per heavy atom. The van der Waals surface area contributed by atoms with Gasteiger partial charge in [-0.25, -0.2) is 0 Å². The highest BCUT2D eigenvalue weighted by molar-refractivity contribution is 5.99. The van der Waals surface area contributed by atoms with Crippen LogP contribution in [0.5, 0.6) is 11.5 Å². The zero-order valence-electron chi connectivity index (χ0n) is 12.4.